The number of thiophene rings is 1. The van der Waals surface area contributed by atoms with Gasteiger partial charge in [-0.3, -0.25) is 0 Å². The third-order valence-electron chi connectivity index (χ3n) is 2.94. The number of hydrogen-bond donors (Lipinski definition) is 1. The largest absolute Gasteiger partial charge is 0.326 e. The lowest BCUT2D eigenvalue weighted by atomic mass is 9.97. The van der Waals surface area contributed by atoms with Crippen LogP contribution in [0.4, 0.5) is 0 Å². The Bertz CT molecular complexity index is 319. The molecule has 0 spiro atoms. The molecule has 1 aromatic heterocycles. The summed E-state index contributed by atoms with van der Waals surface area (Å²) in [5.74, 6) is 0. The van der Waals surface area contributed by atoms with Crippen molar-refractivity contribution in [2.24, 2.45) is 5.73 Å². The van der Waals surface area contributed by atoms with Crippen LogP contribution in [0.15, 0.2) is 3.79 Å². The van der Waals surface area contributed by atoms with Crippen LogP contribution < -0.4 is 5.73 Å². The zero-order valence-corrected chi connectivity index (χ0v) is 10.7. The first-order valence-electron chi connectivity index (χ1n) is 5.32. The molecule has 0 fully saturated rings. The highest BCUT2D eigenvalue weighted by Crippen LogP contribution is 2.36. The number of hydrogen-bond acceptors (Lipinski definition) is 2. The molecular formula is C11H16BrNS. The van der Waals surface area contributed by atoms with Crippen LogP contribution in [-0.4, -0.2) is 0 Å². The maximum absolute atomic E-state index is 5.79. The van der Waals surface area contributed by atoms with Crippen molar-refractivity contribution in [1.82, 2.24) is 0 Å². The maximum Gasteiger partial charge on any atom is 0.0749 e. The summed E-state index contributed by atoms with van der Waals surface area (Å²) in [7, 11) is 0. The molecular weight excluding hydrogens is 258 g/mol. The molecule has 1 aliphatic rings. The van der Waals surface area contributed by atoms with Crippen LogP contribution in [-0.2, 0) is 19.4 Å². The van der Waals surface area contributed by atoms with E-state index in [-0.39, 0.29) is 0 Å². The van der Waals surface area contributed by atoms with E-state index in [0.717, 1.165) is 0 Å². The van der Waals surface area contributed by atoms with Gasteiger partial charge < -0.3 is 5.73 Å². The lowest BCUT2D eigenvalue weighted by molar-refractivity contribution is 0.620. The van der Waals surface area contributed by atoms with E-state index >= 15 is 0 Å². The molecule has 0 bridgehead atoms. The van der Waals surface area contributed by atoms with E-state index in [1.807, 2.05) is 11.3 Å². The van der Waals surface area contributed by atoms with E-state index in [1.165, 1.54) is 47.9 Å². The van der Waals surface area contributed by atoms with Crippen molar-refractivity contribution in [1.29, 1.82) is 0 Å². The van der Waals surface area contributed by atoms with Gasteiger partial charge in [0.15, 0.2) is 0 Å². The Labute approximate surface area is 97.8 Å². The Morgan fingerprint density at radius 3 is 2.57 bits per heavy atom. The first-order valence-corrected chi connectivity index (χ1v) is 6.93. The molecule has 78 valence electrons. The molecule has 0 aliphatic heterocycles. The average molecular weight is 274 g/mol. The van der Waals surface area contributed by atoms with Crippen LogP contribution in [0, 0.1) is 0 Å². The van der Waals surface area contributed by atoms with Gasteiger partial charge in [-0.05, 0) is 52.7 Å². The first kappa shape index (κ1) is 10.7. The fraction of sp³-hybridized carbons (Fsp3) is 0.636. The van der Waals surface area contributed by atoms with Crippen molar-refractivity contribution in [3.05, 3.63) is 19.8 Å². The topological polar surface area (TPSA) is 26.0 Å². The summed E-state index contributed by atoms with van der Waals surface area (Å²) in [6, 6.07) is 0. The third kappa shape index (κ3) is 2.05. The van der Waals surface area contributed by atoms with Crippen LogP contribution in [0.25, 0.3) is 0 Å². The van der Waals surface area contributed by atoms with Crippen molar-refractivity contribution >= 4 is 27.3 Å². The minimum absolute atomic E-state index is 0.687. The second kappa shape index (κ2) is 4.77. The number of nitrogens with two attached hydrogens (primary N) is 1. The van der Waals surface area contributed by atoms with Gasteiger partial charge in [-0.25, -0.2) is 0 Å². The highest BCUT2D eigenvalue weighted by atomic mass is 79.9. The molecule has 0 saturated heterocycles. The molecule has 14 heavy (non-hydrogen) atoms. The highest BCUT2D eigenvalue weighted by molar-refractivity contribution is 9.11. The summed E-state index contributed by atoms with van der Waals surface area (Å²) in [4.78, 5) is 1.58. The fourth-order valence-electron chi connectivity index (χ4n) is 2.15. The summed E-state index contributed by atoms with van der Waals surface area (Å²) in [6.07, 6.45) is 7.97. The van der Waals surface area contributed by atoms with E-state index in [9.17, 15) is 0 Å². The van der Waals surface area contributed by atoms with Crippen molar-refractivity contribution in [3.63, 3.8) is 0 Å². The molecule has 0 unspecified atom stereocenters. The van der Waals surface area contributed by atoms with Gasteiger partial charge >= 0.3 is 0 Å². The van der Waals surface area contributed by atoms with E-state index < -0.39 is 0 Å². The summed E-state index contributed by atoms with van der Waals surface area (Å²) < 4.78 is 1.27. The van der Waals surface area contributed by atoms with Gasteiger partial charge in [0.05, 0.1) is 3.79 Å². The summed E-state index contributed by atoms with van der Waals surface area (Å²) in [6.45, 7) is 0.687. The van der Waals surface area contributed by atoms with Crippen LogP contribution in [0.1, 0.15) is 41.7 Å². The molecule has 0 saturated carbocycles. The minimum Gasteiger partial charge on any atom is -0.326 e. The molecule has 0 aromatic carbocycles. The average Bonchev–Trinajstić information content (AvgIpc) is 2.42. The van der Waals surface area contributed by atoms with Crippen LogP contribution >= 0.6 is 27.3 Å². The van der Waals surface area contributed by atoms with Gasteiger partial charge in [0, 0.05) is 11.4 Å². The molecule has 0 atom stereocenters. The number of rotatable bonds is 1. The fourth-order valence-corrected chi connectivity index (χ4v) is 4.28. The van der Waals surface area contributed by atoms with E-state index in [0.29, 0.717) is 6.54 Å². The highest BCUT2D eigenvalue weighted by Gasteiger charge is 2.16. The van der Waals surface area contributed by atoms with Gasteiger partial charge in [0.1, 0.15) is 0 Å². The molecule has 0 amide bonds. The Balaban J connectivity index is 2.34. The van der Waals surface area contributed by atoms with Gasteiger partial charge in [0.25, 0.3) is 0 Å². The van der Waals surface area contributed by atoms with E-state index in [4.69, 9.17) is 5.73 Å². The molecule has 2 N–H and O–H groups in total. The Morgan fingerprint density at radius 1 is 1.14 bits per heavy atom. The van der Waals surface area contributed by atoms with Gasteiger partial charge in [-0.15, -0.1) is 11.3 Å². The van der Waals surface area contributed by atoms with Crippen LogP contribution in [0.3, 0.4) is 0 Å². The zero-order valence-electron chi connectivity index (χ0n) is 8.31. The lowest BCUT2D eigenvalue weighted by Gasteiger charge is -2.10. The maximum atomic E-state index is 5.79. The predicted molar refractivity (Wildman–Crippen MR) is 65.8 cm³/mol. The second-order valence-corrected chi connectivity index (χ2v) is 6.30. The smallest absolute Gasteiger partial charge is 0.0749 e. The predicted octanol–water partition coefficient (Wildman–Crippen LogP) is 3.63. The van der Waals surface area contributed by atoms with Gasteiger partial charge in [0.2, 0.25) is 0 Å². The second-order valence-electron chi connectivity index (χ2n) is 3.87. The van der Waals surface area contributed by atoms with Crippen molar-refractivity contribution in [2.75, 3.05) is 0 Å². The summed E-state index contributed by atoms with van der Waals surface area (Å²) >= 11 is 5.53. The molecule has 0 radical (unpaired) electrons. The van der Waals surface area contributed by atoms with E-state index in [1.54, 1.807) is 10.4 Å². The number of halogens is 1. The van der Waals surface area contributed by atoms with Crippen LogP contribution in [0.2, 0.25) is 0 Å². The minimum atomic E-state index is 0.687. The Hall–Kier alpha value is 0.140. The van der Waals surface area contributed by atoms with E-state index in [2.05, 4.69) is 15.9 Å². The summed E-state index contributed by atoms with van der Waals surface area (Å²) in [5.41, 5.74) is 8.71. The zero-order chi connectivity index (χ0) is 9.97. The summed E-state index contributed by atoms with van der Waals surface area (Å²) in [5, 5.41) is 0. The molecule has 1 aromatic rings. The molecule has 1 nitrogen and oxygen atoms in total. The quantitative estimate of drug-likeness (QED) is 0.831. The molecule has 1 heterocycles. The monoisotopic (exact) mass is 273 g/mol. The van der Waals surface area contributed by atoms with Gasteiger partial charge in [-0.2, -0.15) is 0 Å². The third-order valence-corrected chi connectivity index (χ3v) is 5.02. The van der Waals surface area contributed by atoms with Crippen LogP contribution in [0.5, 0.6) is 0 Å². The Kier molecular flexibility index (Phi) is 3.63. The van der Waals surface area contributed by atoms with Crippen molar-refractivity contribution in [3.8, 4) is 0 Å². The molecule has 1 aliphatic carbocycles. The van der Waals surface area contributed by atoms with Crippen molar-refractivity contribution in [2.45, 2.75) is 45.1 Å². The number of aryl methyl sites for hydroxylation is 1. The molecule has 3 heteroatoms. The normalized spacial score (nSPS) is 17.3. The van der Waals surface area contributed by atoms with Crippen molar-refractivity contribution < 1.29 is 0 Å². The van der Waals surface area contributed by atoms with Gasteiger partial charge in [-0.1, -0.05) is 12.8 Å². The molecule has 2 rings (SSSR count). The first-order chi connectivity index (χ1) is 6.83. The number of fused-ring (bicyclic) bond motifs is 1. The standard InChI is InChI=1S/C11H16BrNS/c12-11-9(7-13)8-5-3-1-2-4-6-10(8)14-11/h1-7,13H2. The Morgan fingerprint density at radius 2 is 1.86 bits per heavy atom. The lowest BCUT2D eigenvalue weighted by Crippen LogP contribution is -2.03. The SMILES string of the molecule is NCc1c(Br)sc2c1CCCCCC2.